The second kappa shape index (κ2) is 11.4. The maximum absolute atomic E-state index is 12.7. The van der Waals surface area contributed by atoms with E-state index in [0.717, 1.165) is 65.4 Å². The molecule has 1 aromatic heterocycles. The Morgan fingerprint density at radius 2 is 1.84 bits per heavy atom. The van der Waals surface area contributed by atoms with Crippen molar-refractivity contribution in [2.45, 2.75) is 38.5 Å². The molecule has 32 heavy (non-hydrogen) atoms. The summed E-state index contributed by atoms with van der Waals surface area (Å²) < 4.78 is 55.5. The summed E-state index contributed by atoms with van der Waals surface area (Å²) in [7, 11) is 1.58. The van der Waals surface area contributed by atoms with E-state index in [4.69, 9.17) is 14.2 Å². The number of piperidine rings is 1. The van der Waals surface area contributed by atoms with Crippen LogP contribution in [-0.2, 0) is 17.5 Å². The monoisotopic (exact) mass is 565 g/mol. The molecule has 2 aromatic rings. The van der Waals surface area contributed by atoms with E-state index >= 15 is 0 Å². The van der Waals surface area contributed by atoms with Gasteiger partial charge in [0.15, 0.2) is 6.79 Å². The van der Waals surface area contributed by atoms with Gasteiger partial charge >= 0.3 is 6.18 Å². The lowest BCUT2D eigenvalue weighted by molar-refractivity contribution is -0.137. The lowest BCUT2D eigenvalue weighted by atomic mass is 10.0. The van der Waals surface area contributed by atoms with Crippen molar-refractivity contribution >= 4 is 28.4 Å². The number of pyridine rings is 1. The standard InChI is InChI=1S/C22H27F3IN3O3/c1-3-31-18-10-15(11-19(21(18)26)32-14-30-2)13-29-8-6-17(7-9-29)28-20-5-4-16(12-27-20)22(23,24)25/h4-5,10-12,17H,3,6-9,13-14H2,1-2H3,(H,27,28). The van der Waals surface area contributed by atoms with Crippen molar-refractivity contribution < 1.29 is 27.4 Å². The molecule has 3 rings (SSSR count). The van der Waals surface area contributed by atoms with Crippen LogP contribution in [0.4, 0.5) is 19.0 Å². The Labute approximate surface area is 199 Å². The third-order valence-corrected chi connectivity index (χ3v) is 6.20. The van der Waals surface area contributed by atoms with E-state index in [1.807, 2.05) is 19.1 Å². The highest BCUT2D eigenvalue weighted by Gasteiger charge is 2.30. The van der Waals surface area contributed by atoms with Crippen LogP contribution >= 0.6 is 22.6 Å². The third-order valence-electron chi connectivity index (χ3n) is 5.13. The highest BCUT2D eigenvalue weighted by Crippen LogP contribution is 2.33. The van der Waals surface area contributed by atoms with Crippen LogP contribution in [0.5, 0.6) is 11.5 Å². The fourth-order valence-corrected chi connectivity index (χ4v) is 4.18. The number of nitrogens with zero attached hydrogens (tertiary/aromatic N) is 2. The van der Waals surface area contributed by atoms with Gasteiger partial charge in [-0.15, -0.1) is 0 Å². The highest BCUT2D eigenvalue weighted by molar-refractivity contribution is 14.1. The Kier molecular flexibility index (Phi) is 8.83. The molecule has 0 atom stereocenters. The largest absolute Gasteiger partial charge is 0.493 e. The molecule has 0 aliphatic carbocycles. The normalized spacial score (nSPS) is 15.6. The number of rotatable bonds is 9. The SMILES string of the molecule is CCOc1cc(CN2CCC(Nc3ccc(C(F)(F)F)cn3)CC2)cc(OCOC)c1I. The Balaban J connectivity index is 1.57. The number of benzene rings is 1. The second-order valence-corrected chi connectivity index (χ2v) is 8.59. The summed E-state index contributed by atoms with van der Waals surface area (Å²) >= 11 is 2.22. The van der Waals surface area contributed by atoms with E-state index in [-0.39, 0.29) is 12.8 Å². The number of aromatic nitrogens is 1. The van der Waals surface area contributed by atoms with E-state index in [1.54, 1.807) is 7.11 Å². The van der Waals surface area contributed by atoms with Gasteiger partial charge in [0, 0.05) is 39.0 Å². The topological polar surface area (TPSA) is 55.9 Å². The molecule has 0 bridgehead atoms. The predicted molar refractivity (Wildman–Crippen MR) is 124 cm³/mol. The molecular formula is C22H27F3IN3O3. The second-order valence-electron chi connectivity index (χ2n) is 7.51. The van der Waals surface area contributed by atoms with Crippen molar-refractivity contribution in [2.24, 2.45) is 0 Å². The number of nitrogens with one attached hydrogen (secondary N) is 1. The molecule has 1 aliphatic rings. The van der Waals surface area contributed by atoms with E-state index in [1.165, 1.54) is 6.07 Å². The van der Waals surface area contributed by atoms with Gasteiger partial charge in [-0.2, -0.15) is 13.2 Å². The number of hydrogen-bond acceptors (Lipinski definition) is 6. The van der Waals surface area contributed by atoms with Crippen LogP contribution in [0.2, 0.25) is 0 Å². The van der Waals surface area contributed by atoms with Crippen molar-refractivity contribution in [1.82, 2.24) is 9.88 Å². The van der Waals surface area contributed by atoms with Gasteiger partial charge in [0.2, 0.25) is 0 Å². The Morgan fingerprint density at radius 1 is 1.16 bits per heavy atom. The van der Waals surface area contributed by atoms with Crippen LogP contribution in [0.15, 0.2) is 30.5 Å². The van der Waals surface area contributed by atoms with Gasteiger partial charge < -0.3 is 19.5 Å². The molecule has 0 unspecified atom stereocenters. The van der Waals surface area contributed by atoms with Gasteiger partial charge in [0.1, 0.15) is 17.3 Å². The summed E-state index contributed by atoms with van der Waals surface area (Å²) in [5, 5.41) is 3.25. The van der Waals surface area contributed by atoms with Gasteiger partial charge in [0.25, 0.3) is 0 Å². The molecule has 0 radical (unpaired) electrons. The Hall–Kier alpha value is -1.79. The molecule has 1 saturated heterocycles. The lowest BCUT2D eigenvalue weighted by Crippen LogP contribution is -2.38. The molecule has 1 N–H and O–H groups in total. The summed E-state index contributed by atoms with van der Waals surface area (Å²) in [6.07, 6.45) is -1.76. The summed E-state index contributed by atoms with van der Waals surface area (Å²) in [4.78, 5) is 6.26. The minimum absolute atomic E-state index is 0.167. The molecule has 1 aromatic carbocycles. The molecule has 10 heteroatoms. The number of anilines is 1. The summed E-state index contributed by atoms with van der Waals surface area (Å²) in [6, 6.07) is 6.67. The van der Waals surface area contributed by atoms with E-state index in [2.05, 4.69) is 37.8 Å². The van der Waals surface area contributed by atoms with Gasteiger partial charge in [-0.05, 0) is 72.2 Å². The molecule has 0 amide bonds. The highest BCUT2D eigenvalue weighted by atomic mass is 127. The molecule has 1 aliphatic heterocycles. The van der Waals surface area contributed by atoms with Crippen LogP contribution in [0.3, 0.4) is 0 Å². The van der Waals surface area contributed by atoms with E-state index in [0.29, 0.717) is 12.4 Å². The molecule has 6 nitrogen and oxygen atoms in total. The number of halogens is 4. The van der Waals surface area contributed by atoms with Crippen LogP contribution in [0, 0.1) is 3.57 Å². The van der Waals surface area contributed by atoms with Gasteiger partial charge in [0.05, 0.1) is 15.7 Å². The zero-order valence-corrected chi connectivity index (χ0v) is 20.2. The minimum Gasteiger partial charge on any atom is -0.493 e. The summed E-state index contributed by atoms with van der Waals surface area (Å²) in [6.45, 7) is 5.16. The first kappa shape index (κ1) is 24.8. The first-order valence-corrected chi connectivity index (χ1v) is 11.5. The molecule has 2 heterocycles. The van der Waals surface area contributed by atoms with E-state index < -0.39 is 11.7 Å². The van der Waals surface area contributed by atoms with Crippen molar-refractivity contribution in [3.8, 4) is 11.5 Å². The predicted octanol–water partition coefficient (Wildman–Crippen LogP) is 5.16. The average molecular weight is 565 g/mol. The van der Waals surface area contributed by atoms with Crippen molar-refractivity contribution in [1.29, 1.82) is 0 Å². The van der Waals surface area contributed by atoms with Gasteiger partial charge in [-0.3, -0.25) is 4.90 Å². The molecule has 176 valence electrons. The van der Waals surface area contributed by atoms with Crippen LogP contribution in [-0.4, -0.2) is 49.5 Å². The third kappa shape index (κ3) is 6.85. The molecule has 0 spiro atoms. The maximum Gasteiger partial charge on any atom is 0.417 e. The average Bonchev–Trinajstić information content (AvgIpc) is 2.76. The lowest BCUT2D eigenvalue weighted by Gasteiger charge is -2.32. The van der Waals surface area contributed by atoms with Crippen LogP contribution < -0.4 is 14.8 Å². The number of likely N-dealkylation sites (tertiary alicyclic amines) is 1. The van der Waals surface area contributed by atoms with Gasteiger partial charge in [-0.25, -0.2) is 4.98 Å². The number of ether oxygens (including phenoxy) is 3. The molecule has 0 saturated carbocycles. The van der Waals surface area contributed by atoms with E-state index in [9.17, 15) is 13.2 Å². The first-order chi connectivity index (χ1) is 15.3. The van der Waals surface area contributed by atoms with Gasteiger partial charge in [-0.1, -0.05) is 0 Å². The fraction of sp³-hybridized carbons (Fsp3) is 0.500. The minimum atomic E-state index is -4.37. The van der Waals surface area contributed by atoms with Crippen molar-refractivity contribution in [3.05, 3.63) is 45.2 Å². The Bertz CT molecular complexity index is 873. The van der Waals surface area contributed by atoms with Crippen molar-refractivity contribution in [2.75, 3.05) is 38.9 Å². The van der Waals surface area contributed by atoms with Crippen molar-refractivity contribution in [3.63, 3.8) is 0 Å². The fourth-order valence-electron chi connectivity index (χ4n) is 3.56. The quantitative estimate of drug-likeness (QED) is 0.335. The first-order valence-electron chi connectivity index (χ1n) is 10.4. The summed E-state index contributed by atoms with van der Waals surface area (Å²) in [5.41, 5.74) is 0.353. The Morgan fingerprint density at radius 3 is 2.41 bits per heavy atom. The molecule has 1 fully saturated rings. The number of alkyl halides is 3. The zero-order chi connectivity index (χ0) is 23.1. The zero-order valence-electron chi connectivity index (χ0n) is 18.0. The number of hydrogen-bond donors (Lipinski definition) is 1. The maximum atomic E-state index is 12.7. The molecular weight excluding hydrogens is 538 g/mol. The smallest absolute Gasteiger partial charge is 0.417 e. The van der Waals surface area contributed by atoms with Crippen LogP contribution in [0.25, 0.3) is 0 Å². The van der Waals surface area contributed by atoms with Crippen LogP contribution in [0.1, 0.15) is 30.9 Å². The summed E-state index contributed by atoms with van der Waals surface area (Å²) in [5.74, 6) is 2.00. The number of methoxy groups -OCH3 is 1.